The third-order valence-electron chi connectivity index (χ3n) is 4.47. The van der Waals surface area contributed by atoms with E-state index in [1.54, 1.807) is 0 Å². The zero-order valence-electron chi connectivity index (χ0n) is 14.9. The number of unbranched alkanes of at least 4 members (excludes halogenated alkanes) is 13. The lowest BCUT2D eigenvalue weighted by molar-refractivity contribution is -0.138. The van der Waals surface area contributed by atoms with E-state index in [-0.39, 0.29) is 11.9 Å². The van der Waals surface area contributed by atoms with Gasteiger partial charge in [0, 0.05) is 0 Å². The molecule has 22 heavy (non-hydrogen) atoms. The Balaban J connectivity index is 3.10. The topological polar surface area (TPSA) is 26.3 Å². The van der Waals surface area contributed by atoms with Crippen molar-refractivity contribution in [2.75, 3.05) is 0 Å². The van der Waals surface area contributed by atoms with E-state index in [1.165, 1.54) is 83.5 Å². The average molecular weight is 333 g/mol. The zero-order chi connectivity index (χ0) is 16.5. The summed E-state index contributed by atoms with van der Waals surface area (Å²) in [5.41, 5.74) is 0. The van der Waals surface area contributed by atoms with Crippen molar-refractivity contribution in [3.8, 4) is 0 Å². The van der Waals surface area contributed by atoms with Gasteiger partial charge in [-0.15, -0.1) is 0 Å². The van der Waals surface area contributed by atoms with Crippen LogP contribution in [0.25, 0.3) is 0 Å². The van der Waals surface area contributed by atoms with Gasteiger partial charge in [-0.2, -0.15) is 0 Å². The lowest BCUT2D eigenvalue weighted by Crippen LogP contribution is -2.10. The fraction of sp³-hybridized carbons (Fsp3) is 0.947. The quantitative estimate of drug-likeness (QED) is 0.279. The van der Waals surface area contributed by atoms with Gasteiger partial charge >= 0.3 is 5.97 Å². The van der Waals surface area contributed by atoms with Crippen molar-refractivity contribution in [2.45, 2.75) is 110 Å². The molecule has 1 unspecified atom stereocenters. The number of hydrogen-bond donors (Lipinski definition) is 0. The molecule has 0 heterocycles. The number of carbonyl (C=O) groups excluding carboxylic acids is 1. The molecule has 0 aliphatic carbocycles. The second-order valence-corrected chi connectivity index (χ2v) is 6.84. The number of rotatable bonds is 16. The van der Waals surface area contributed by atoms with E-state index >= 15 is 0 Å². The van der Waals surface area contributed by atoms with Crippen LogP contribution in [0.3, 0.4) is 0 Å². The molecule has 132 valence electrons. The maximum Gasteiger partial charge on any atom is 0.327 e. The first-order chi connectivity index (χ1) is 10.7. The van der Waals surface area contributed by atoms with Crippen molar-refractivity contribution in [1.82, 2.24) is 0 Å². The molecule has 0 saturated carbocycles. The minimum absolute atomic E-state index is 0.0603. The summed E-state index contributed by atoms with van der Waals surface area (Å²) in [6.07, 6.45) is 19.9. The molecule has 0 saturated heterocycles. The van der Waals surface area contributed by atoms with Gasteiger partial charge in [-0.3, -0.25) is 4.79 Å². The fourth-order valence-electron chi connectivity index (χ4n) is 2.84. The van der Waals surface area contributed by atoms with Gasteiger partial charge in [0.15, 0.2) is 0 Å². The van der Waals surface area contributed by atoms with E-state index in [9.17, 15) is 4.79 Å². The molecule has 0 amide bonds. The van der Waals surface area contributed by atoms with Crippen LogP contribution in [0.15, 0.2) is 0 Å². The predicted octanol–water partition coefficient (Wildman–Crippen LogP) is 7.19. The highest BCUT2D eigenvalue weighted by Crippen LogP contribution is 2.15. The third-order valence-corrected chi connectivity index (χ3v) is 4.62. The van der Waals surface area contributed by atoms with Crippen molar-refractivity contribution in [3.63, 3.8) is 0 Å². The molecule has 0 aromatic heterocycles. The maximum absolute atomic E-state index is 11.1. The van der Waals surface area contributed by atoms with Crippen LogP contribution in [0.2, 0.25) is 0 Å². The fourth-order valence-corrected chi connectivity index (χ4v) is 2.99. The summed E-state index contributed by atoms with van der Waals surface area (Å²) in [5.74, 6) is -0.355. The molecule has 0 aliphatic heterocycles. The van der Waals surface area contributed by atoms with Crippen LogP contribution < -0.4 is 0 Å². The summed E-state index contributed by atoms with van der Waals surface area (Å²) >= 11 is 5.06. The summed E-state index contributed by atoms with van der Waals surface area (Å²) in [6.45, 7) is 4.15. The van der Waals surface area contributed by atoms with Gasteiger partial charge in [-0.1, -0.05) is 104 Å². The van der Waals surface area contributed by atoms with E-state index in [0.717, 1.165) is 12.8 Å². The average Bonchev–Trinajstić information content (AvgIpc) is 2.54. The minimum Gasteiger partial charge on any atom is -0.347 e. The summed E-state index contributed by atoms with van der Waals surface area (Å²) in [7, 11) is 0. The van der Waals surface area contributed by atoms with Gasteiger partial charge in [0.1, 0.15) is 11.9 Å². The van der Waals surface area contributed by atoms with Gasteiger partial charge in [-0.05, 0) is 6.42 Å². The Morgan fingerprint density at radius 3 is 1.50 bits per heavy atom. The van der Waals surface area contributed by atoms with Crippen LogP contribution in [-0.2, 0) is 9.08 Å². The van der Waals surface area contributed by atoms with E-state index in [2.05, 4.69) is 11.2 Å². The van der Waals surface area contributed by atoms with Gasteiger partial charge < -0.3 is 4.29 Å². The van der Waals surface area contributed by atoms with Crippen molar-refractivity contribution in [2.24, 2.45) is 5.92 Å². The monoisotopic (exact) mass is 332 g/mol. The highest BCUT2D eigenvalue weighted by atomic mass is 35.5. The SMILES string of the molecule is CCCCCCCCCCCCCCCCC(C)C(=O)OCl. The molecule has 0 aliphatic rings. The van der Waals surface area contributed by atoms with Crippen molar-refractivity contribution in [1.29, 1.82) is 0 Å². The Hall–Kier alpha value is -0.240. The molecule has 0 aromatic carbocycles. The van der Waals surface area contributed by atoms with Crippen LogP contribution in [-0.4, -0.2) is 5.97 Å². The molecule has 0 bridgehead atoms. The van der Waals surface area contributed by atoms with Crippen LogP contribution >= 0.6 is 11.9 Å². The van der Waals surface area contributed by atoms with E-state index in [1.807, 2.05) is 6.92 Å². The molecule has 0 spiro atoms. The molecule has 3 heteroatoms. The highest BCUT2D eigenvalue weighted by Gasteiger charge is 2.12. The first-order valence-electron chi connectivity index (χ1n) is 9.54. The van der Waals surface area contributed by atoms with Crippen molar-refractivity contribution >= 4 is 17.8 Å². The van der Waals surface area contributed by atoms with E-state index < -0.39 is 0 Å². The molecule has 0 aromatic rings. The Labute approximate surface area is 143 Å². The van der Waals surface area contributed by atoms with Crippen molar-refractivity contribution in [3.05, 3.63) is 0 Å². The second kappa shape index (κ2) is 17.1. The Morgan fingerprint density at radius 2 is 1.14 bits per heavy atom. The molecular weight excluding hydrogens is 296 g/mol. The van der Waals surface area contributed by atoms with Crippen LogP contribution in [0.1, 0.15) is 110 Å². The van der Waals surface area contributed by atoms with E-state index in [0.29, 0.717) is 0 Å². The van der Waals surface area contributed by atoms with Gasteiger partial charge in [-0.25, -0.2) is 0 Å². The van der Waals surface area contributed by atoms with Gasteiger partial charge in [0.2, 0.25) is 0 Å². The zero-order valence-corrected chi connectivity index (χ0v) is 15.6. The molecule has 1 atom stereocenters. The van der Waals surface area contributed by atoms with Crippen molar-refractivity contribution < 1.29 is 9.08 Å². The van der Waals surface area contributed by atoms with Gasteiger partial charge in [0.25, 0.3) is 0 Å². The first-order valence-corrected chi connectivity index (χ1v) is 9.85. The largest absolute Gasteiger partial charge is 0.347 e. The lowest BCUT2D eigenvalue weighted by Gasteiger charge is -2.07. The van der Waals surface area contributed by atoms with Gasteiger partial charge in [0.05, 0.1) is 5.92 Å². The Morgan fingerprint density at radius 1 is 0.773 bits per heavy atom. The molecule has 0 rings (SSSR count). The number of halogens is 1. The predicted molar refractivity (Wildman–Crippen MR) is 96.0 cm³/mol. The minimum atomic E-state index is -0.295. The third kappa shape index (κ3) is 14.7. The number of carbonyl (C=O) groups is 1. The van der Waals surface area contributed by atoms with Crippen LogP contribution in [0.4, 0.5) is 0 Å². The normalized spacial score (nSPS) is 12.3. The van der Waals surface area contributed by atoms with E-state index in [4.69, 9.17) is 11.9 Å². The highest BCUT2D eigenvalue weighted by molar-refractivity contribution is 6.13. The number of hydrogen-bond acceptors (Lipinski definition) is 2. The van der Waals surface area contributed by atoms with Crippen LogP contribution in [0.5, 0.6) is 0 Å². The second-order valence-electron chi connectivity index (χ2n) is 6.68. The molecule has 0 radical (unpaired) electrons. The maximum atomic E-state index is 11.1. The summed E-state index contributed by atoms with van der Waals surface area (Å²) in [4.78, 5) is 11.1. The standard InChI is InChI=1S/C19H37ClO2/c1-3-4-5-6-7-8-9-10-11-12-13-14-15-16-17-18(2)19(21)22-20/h18H,3-17H2,1-2H3. The molecule has 2 nitrogen and oxygen atoms in total. The smallest absolute Gasteiger partial charge is 0.327 e. The first kappa shape index (κ1) is 21.8. The Bertz CT molecular complexity index is 244. The summed E-state index contributed by atoms with van der Waals surface area (Å²) < 4.78 is 4.21. The summed E-state index contributed by atoms with van der Waals surface area (Å²) in [5, 5.41) is 0. The summed E-state index contributed by atoms with van der Waals surface area (Å²) in [6, 6.07) is 0. The Kier molecular flexibility index (Phi) is 16.9. The molecule has 0 N–H and O–H groups in total. The molecular formula is C19H37ClO2. The van der Waals surface area contributed by atoms with Crippen LogP contribution in [0, 0.1) is 5.92 Å². The lowest BCUT2D eigenvalue weighted by atomic mass is 10.0. The molecule has 0 fully saturated rings.